The van der Waals surface area contributed by atoms with E-state index in [2.05, 4.69) is 12.1 Å². The number of halogens is 2. The van der Waals surface area contributed by atoms with Crippen molar-refractivity contribution in [3.8, 4) is 5.75 Å². The lowest BCUT2D eigenvalue weighted by Crippen LogP contribution is -2.10. The standard InChI is InChI=1S/C15H12F2OS/c16-11-5-6-13(17)14(7-11)18-8-10-9-19-15-4-2-1-3-12(10)15/h1-7,10H,8-9H2. The molecule has 3 rings (SSSR count). The van der Waals surface area contributed by atoms with E-state index in [0.717, 1.165) is 24.0 Å². The molecule has 0 amide bonds. The summed E-state index contributed by atoms with van der Waals surface area (Å²) in [5.41, 5.74) is 1.23. The molecule has 0 bridgehead atoms. The highest BCUT2D eigenvalue weighted by Crippen LogP contribution is 2.39. The molecule has 4 heteroatoms. The zero-order valence-corrected chi connectivity index (χ0v) is 10.9. The Hall–Kier alpha value is -1.55. The van der Waals surface area contributed by atoms with E-state index in [-0.39, 0.29) is 11.7 Å². The summed E-state index contributed by atoms with van der Waals surface area (Å²) < 4.78 is 31.9. The fourth-order valence-corrected chi connectivity index (χ4v) is 3.38. The Balaban J connectivity index is 1.72. The summed E-state index contributed by atoms with van der Waals surface area (Å²) in [5, 5.41) is 0. The number of rotatable bonds is 3. The normalized spacial score (nSPS) is 17.3. The van der Waals surface area contributed by atoms with Crippen molar-refractivity contribution in [1.29, 1.82) is 0 Å². The SMILES string of the molecule is Fc1ccc(F)c(OCC2CSc3ccccc32)c1. The first-order chi connectivity index (χ1) is 9.24. The maximum absolute atomic E-state index is 13.4. The Morgan fingerprint density at radius 2 is 2.00 bits per heavy atom. The molecule has 0 fully saturated rings. The maximum Gasteiger partial charge on any atom is 0.165 e. The van der Waals surface area contributed by atoms with Crippen LogP contribution in [0.2, 0.25) is 0 Å². The van der Waals surface area contributed by atoms with Crippen LogP contribution >= 0.6 is 11.8 Å². The Labute approximate surface area is 114 Å². The molecule has 1 atom stereocenters. The molecule has 0 N–H and O–H groups in total. The van der Waals surface area contributed by atoms with Crippen molar-refractivity contribution in [3.05, 3.63) is 59.7 Å². The lowest BCUT2D eigenvalue weighted by atomic mass is 10.0. The van der Waals surface area contributed by atoms with Crippen molar-refractivity contribution in [2.75, 3.05) is 12.4 Å². The highest BCUT2D eigenvalue weighted by atomic mass is 32.2. The van der Waals surface area contributed by atoms with E-state index < -0.39 is 11.6 Å². The molecular weight excluding hydrogens is 266 g/mol. The van der Waals surface area contributed by atoms with Gasteiger partial charge in [-0.15, -0.1) is 11.8 Å². The van der Waals surface area contributed by atoms with Crippen LogP contribution in [-0.4, -0.2) is 12.4 Å². The van der Waals surface area contributed by atoms with Crippen LogP contribution in [0.25, 0.3) is 0 Å². The van der Waals surface area contributed by atoms with Crippen molar-refractivity contribution in [1.82, 2.24) is 0 Å². The molecule has 2 aromatic rings. The van der Waals surface area contributed by atoms with Crippen molar-refractivity contribution >= 4 is 11.8 Å². The lowest BCUT2D eigenvalue weighted by Gasteiger charge is -2.13. The number of thioether (sulfide) groups is 1. The summed E-state index contributed by atoms with van der Waals surface area (Å²) in [5.74, 6) is 0.104. The molecule has 2 aromatic carbocycles. The molecule has 98 valence electrons. The van der Waals surface area contributed by atoms with Gasteiger partial charge in [0.1, 0.15) is 5.82 Å². The van der Waals surface area contributed by atoms with Gasteiger partial charge in [-0.3, -0.25) is 0 Å². The van der Waals surface area contributed by atoms with Crippen LogP contribution in [0.3, 0.4) is 0 Å². The predicted octanol–water partition coefficient (Wildman–Crippen LogP) is 4.23. The van der Waals surface area contributed by atoms with E-state index in [1.807, 2.05) is 12.1 Å². The summed E-state index contributed by atoms with van der Waals surface area (Å²) in [4.78, 5) is 1.25. The first kappa shape index (κ1) is 12.5. The Kier molecular flexibility index (Phi) is 3.42. The average molecular weight is 278 g/mol. The zero-order valence-electron chi connectivity index (χ0n) is 10.1. The minimum Gasteiger partial charge on any atom is -0.490 e. The van der Waals surface area contributed by atoms with Gasteiger partial charge < -0.3 is 4.74 Å². The second kappa shape index (κ2) is 5.21. The average Bonchev–Trinajstić information content (AvgIpc) is 2.83. The van der Waals surface area contributed by atoms with E-state index in [0.29, 0.717) is 6.61 Å². The molecule has 1 unspecified atom stereocenters. The summed E-state index contributed by atoms with van der Waals surface area (Å²) >= 11 is 1.77. The largest absolute Gasteiger partial charge is 0.490 e. The van der Waals surface area contributed by atoms with Crippen LogP contribution in [-0.2, 0) is 0 Å². The predicted molar refractivity (Wildman–Crippen MR) is 71.8 cm³/mol. The summed E-state index contributed by atoms with van der Waals surface area (Å²) in [7, 11) is 0. The number of fused-ring (bicyclic) bond motifs is 1. The Morgan fingerprint density at radius 3 is 2.89 bits per heavy atom. The maximum atomic E-state index is 13.4. The molecule has 1 heterocycles. The van der Waals surface area contributed by atoms with Crippen molar-refractivity contribution in [3.63, 3.8) is 0 Å². The summed E-state index contributed by atoms with van der Waals surface area (Å²) in [6.45, 7) is 0.365. The molecule has 0 saturated heterocycles. The van der Waals surface area contributed by atoms with Gasteiger partial charge in [-0.05, 0) is 23.8 Å². The number of hydrogen-bond donors (Lipinski definition) is 0. The van der Waals surface area contributed by atoms with E-state index >= 15 is 0 Å². The zero-order chi connectivity index (χ0) is 13.2. The van der Waals surface area contributed by atoms with Gasteiger partial charge >= 0.3 is 0 Å². The monoisotopic (exact) mass is 278 g/mol. The van der Waals surface area contributed by atoms with Gasteiger partial charge in [0, 0.05) is 22.6 Å². The third kappa shape index (κ3) is 2.59. The van der Waals surface area contributed by atoms with Gasteiger partial charge in [-0.2, -0.15) is 0 Å². The first-order valence-corrected chi connectivity index (χ1v) is 7.02. The molecule has 0 aliphatic carbocycles. The first-order valence-electron chi connectivity index (χ1n) is 6.03. The molecule has 1 aliphatic heterocycles. The molecule has 0 radical (unpaired) electrons. The minimum absolute atomic E-state index is 0.0191. The Morgan fingerprint density at radius 1 is 1.16 bits per heavy atom. The second-order valence-corrected chi connectivity index (χ2v) is 5.49. The fraction of sp³-hybridized carbons (Fsp3) is 0.200. The quantitative estimate of drug-likeness (QED) is 0.830. The van der Waals surface area contributed by atoms with Crippen molar-refractivity contribution in [2.45, 2.75) is 10.8 Å². The molecule has 1 aliphatic rings. The van der Waals surface area contributed by atoms with E-state index in [1.54, 1.807) is 11.8 Å². The van der Waals surface area contributed by atoms with Crippen molar-refractivity contribution < 1.29 is 13.5 Å². The van der Waals surface area contributed by atoms with Crippen LogP contribution in [0.5, 0.6) is 5.75 Å². The molecule has 0 spiro atoms. The van der Waals surface area contributed by atoms with E-state index in [9.17, 15) is 8.78 Å². The van der Waals surface area contributed by atoms with Crippen LogP contribution < -0.4 is 4.74 Å². The van der Waals surface area contributed by atoms with Gasteiger partial charge in [0.05, 0.1) is 6.61 Å². The minimum atomic E-state index is -0.527. The number of ether oxygens (including phenoxy) is 1. The summed E-state index contributed by atoms with van der Waals surface area (Å²) in [6, 6.07) is 11.4. The van der Waals surface area contributed by atoms with Crippen LogP contribution in [0.4, 0.5) is 8.78 Å². The fourth-order valence-electron chi connectivity index (χ4n) is 2.15. The number of hydrogen-bond acceptors (Lipinski definition) is 2. The van der Waals surface area contributed by atoms with Crippen molar-refractivity contribution in [2.24, 2.45) is 0 Å². The number of benzene rings is 2. The molecule has 0 aromatic heterocycles. The van der Waals surface area contributed by atoms with Gasteiger partial charge in [0.15, 0.2) is 11.6 Å². The second-order valence-electron chi connectivity index (χ2n) is 4.43. The van der Waals surface area contributed by atoms with Gasteiger partial charge in [0.25, 0.3) is 0 Å². The van der Waals surface area contributed by atoms with Crippen LogP contribution in [0.15, 0.2) is 47.4 Å². The van der Waals surface area contributed by atoms with E-state index in [4.69, 9.17) is 4.74 Å². The lowest BCUT2D eigenvalue weighted by molar-refractivity contribution is 0.282. The topological polar surface area (TPSA) is 9.23 Å². The highest BCUT2D eigenvalue weighted by molar-refractivity contribution is 7.99. The molecule has 19 heavy (non-hydrogen) atoms. The summed E-state index contributed by atoms with van der Waals surface area (Å²) in [6.07, 6.45) is 0. The van der Waals surface area contributed by atoms with E-state index in [1.165, 1.54) is 10.5 Å². The van der Waals surface area contributed by atoms with Crippen LogP contribution in [0.1, 0.15) is 11.5 Å². The molecular formula is C15H12F2OS. The smallest absolute Gasteiger partial charge is 0.165 e. The molecule has 0 saturated carbocycles. The third-order valence-electron chi connectivity index (χ3n) is 3.13. The Bertz CT molecular complexity index is 600. The molecule has 1 nitrogen and oxygen atoms in total. The van der Waals surface area contributed by atoms with Crippen LogP contribution in [0, 0.1) is 11.6 Å². The van der Waals surface area contributed by atoms with Gasteiger partial charge in [0.2, 0.25) is 0 Å². The van der Waals surface area contributed by atoms with Gasteiger partial charge in [-0.25, -0.2) is 8.78 Å². The third-order valence-corrected chi connectivity index (χ3v) is 4.38. The highest BCUT2D eigenvalue weighted by Gasteiger charge is 2.23. The van der Waals surface area contributed by atoms with Gasteiger partial charge in [-0.1, -0.05) is 18.2 Å².